The molecule has 136 valence electrons. The molecule has 0 saturated carbocycles. The highest BCUT2D eigenvalue weighted by Crippen LogP contribution is 2.15. The van der Waals surface area contributed by atoms with Gasteiger partial charge in [0.25, 0.3) is 0 Å². The van der Waals surface area contributed by atoms with E-state index in [4.69, 9.17) is 4.74 Å². The van der Waals surface area contributed by atoms with Crippen LogP contribution in [0.4, 0.5) is 0 Å². The van der Waals surface area contributed by atoms with Gasteiger partial charge in [-0.05, 0) is 25.0 Å². The molecule has 0 unspecified atom stereocenters. The second-order valence-electron chi connectivity index (χ2n) is 6.74. The Morgan fingerprint density at radius 2 is 1.62 bits per heavy atom. The van der Waals surface area contributed by atoms with Crippen molar-refractivity contribution in [2.45, 2.75) is 33.0 Å². The zero-order valence-corrected chi connectivity index (χ0v) is 15.2. The number of aryl methyl sites for hydroxylation is 2. The van der Waals surface area contributed by atoms with E-state index in [-0.39, 0.29) is 25.0 Å². The Morgan fingerprint density at radius 1 is 1.04 bits per heavy atom. The summed E-state index contributed by atoms with van der Waals surface area (Å²) in [6, 6.07) is 15.4. The van der Waals surface area contributed by atoms with Gasteiger partial charge in [-0.3, -0.25) is 9.59 Å². The van der Waals surface area contributed by atoms with E-state index in [1.807, 2.05) is 62.4 Å². The quantitative estimate of drug-likeness (QED) is 0.899. The molecule has 0 radical (unpaired) electrons. The molecule has 1 aliphatic heterocycles. The van der Waals surface area contributed by atoms with Crippen molar-refractivity contribution in [3.8, 4) is 0 Å². The van der Waals surface area contributed by atoms with Gasteiger partial charge >= 0.3 is 0 Å². The van der Waals surface area contributed by atoms with Crippen LogP contribution in [0.5, 0.6) is 0 Å². The smallest absolute Gasteiger partial charge is 0.249 e. The van der Waals surface area contributed by atoms with Gasteiger partial charge in [-0.25, -0.2) is 0 Å². The highest BCUT2D eigenvalue weighted by molar-refractivity contribution is 5.89. The monoisotopic (exact) mass is 352 g/mol. The van der Waals surface area contributed by atoms with E-state index in [0.29, 0.717) is 13.1 Å². The fraction of sp³-hybridized carbons (Fsp3) is 0.333. The number of rotatable bonds is 5. The molecule has 2 aromatic rings. The van der Waals surface area contributed by atoms with Crippen molar-refractivity contribution in [2.75, 3.05) is 13.2 Å². The molecule has 0 bridgehead atoms. The van der Waals surface area contributed by atoms with E-state index >= 15 is 0 Å². The summed E-state index contributed by atoms with van der Waals surface area (Å²) in [7, 11) is 0. The largest absolute Gasteiger partial charge is 0.369 e. The molecule has 1 atom stereocenters. The Balaban J connectivity index is 1.66. The van der Waals surface area contributed by atoms with Crippen LogP contribution in [0, 0.1) is 13.8 Å². The van der Waals surface area contributed by atoms with E-state index in [1.165, 1.54) is 5.56 Å². The van der Waals surface area contributed by atoms with E-state index in [0.717, 1.165) is 16.7 Å². The standard InChI is InChI=1S/C21H24N2O3/c1-15-3-7-17(8-4-15)11-22-21(25)19-13-26-14-20(24)23(19)12-18-9-5-16(2)6-10-18/h3-10,19H,11-14H2,1-2H3,(H,22,25)/t19-/m0/s1. The minimum Gasteiger partial charge on any atom is -0.369 e. The molecule has 1 N–H and O–H groups in total. The second kappa shape index (κ2) is 8.15. The number of morpholine rings is 1. The number of carbonyl (C=O) groups is 2. The molecular weight excluding hydrogens is 328 g/mol. The maximum absolute atomic E-state index is 12.7. The van der Waals surface area contributed by atoms with Crippen LogP contribution in [0.15, 0.2) is 48.5 Å². The fourth-order valence-corrected chi connectivity index (χ4v) is 2.92. The van der Waals surface area contributed by atoms with Crippen molar-refractivity contribution < 1.29 is 14.3 Å². The van der Waals surface area contributed by atoms with Crippen LogP contribution in [0.2, 0.25) is 0 Å². The molecule has 2 amide bonds. The van der Waals surface area contributed by atoms with Gasteiger partial charge in [-0.15, -0.1) is 0 Å². The van der Waals surface area contributed by atoms with Crippen LogP contribution >= 0.6 is 0 Å². The molecule has 1 heterocycles. The van der Waals surface area contributed by atoms with Gasteiger partial charge in [0.1, 0.15) is 12.6 Å². The van der Waals surface area contributed by atoms with Gasteiger partial charge in [-0.1, -0.05) is 59.7 Å². The lowest BCUT2D eigenvalue weighted by Crippen LogP contribution is -2.55. The second-order valence-corrected chi connectivity index (χ2v) is 6.74. The number of hydrogen-bond acceptors (Lipinski definition) is 3. The van der Waals surface area contributed by atoms with Crippen molar-refractivity contribution in [3.63, 3.8) is 0 Å². The molecule has 1 saturated heterocycles. The lowest BCUT2D eigenvalue weighted by Gasteiger charge is -2.34. The van der Waals surface area contributed by atoms with E-state index in [2.05, 4.69) is 5.32 Å². The summed E-state index contributed by atoms with van der Waals surface area (Å²) in [6.45, 7) is 5.12. The number of nitrogens with one attached hydrogen (secondary N) is 1. The third-order valence-corrected chi connectivity index (χ3v) is 4.56. The van der Waals surface area contributed by atoms with Crippen LogP contribution in [0.3, 0.4) is 0 Å². The number of carbonyl (C=O) groups excluding carboxylic acids is 2. The molecule has 3 rings (SSSR count). The first-order valence-electron chi connectivity index (χ1n) is 8.79. The van der Waals surface area contributed by atoms with Crippen molar-refractivity contribution in [1.82, 2.24) is 10.2 Å². The molecule has 5 heteroatoms. The summed E-state index contributed by atoms with van der Waals surface area (Å²) in [5.41, 5.74) is 4.37. The van der Waals surface area contributed by atoms with Gasteiger partial charge in [0.2, 0.25) is 11.8 Å². The Bertz CT molecular complexity index is 769. The summed E-state index contributed by atoms with van der Waals surface area (Å²) < 4.78 is 5.32. The summed E-state index contributed by atoms with van der Waals surface area (Å²) in [5.74, 6) is -0.349. The number of benzene rings is 2. The van der Waals surface area contributed by atoms with Crippen LogP contribution in [-0.4, -0.2) is 36.0 Å². The Morgan fingerprint density at radius 3 is 2.23 bits per heavy atom. The van der Waals surface area contributed by atoms with Crippen molar-refractivity contribution in [3.05, 3.63) is 70.8 Å². The molecule has 26 heavy (non-hydrogen) atoms. The lowest BCUT2D eigenvalue weighted by atomic mass is 10.1. The number of hydrogen-bond donors (Lipinski definition) is 1. The topological polar surface area (TPSA) is 58.6 Å². The maximum Gasteiger partial charge on any atom is 0.249 e. The third kappa shape index (κ3) is 4.49. The first-order chi connectivity index (χ1) is 12.5. The number of ether oxygens (including phenoxy) is 1. The van der Waals surface area contributed by atoms with Crippen LogP contribution in [0.1, 0.15) is 22.3 Å². The van der Waals surface area contributed by atoms with Crippen LogP contribution in [0.25, 0.3) is 0 Å². The molecule has 2 aromatic carbocycles. The number of nitrogens with zero attached hydrogens (tertiary/aromatic N) is 1. The molecule has 5 nitrogen and oxygen atoms in total. The van der Waals surface area contributed by atoms with Crippen molar-refractivity contribution in [2.24, 2.45) is 0 Å². The average molecular weight is 352 g/mol. The number of amides is 2. The van der Waals surface area contributed by atoms with Gasteiger partial charge in [0.05, 0.1) is 6.61 Å². The molecule has 0 spiro atoms. The first kappa shape index (κ1) is 18.1. The zero-order chi connectivity index (χ0) is 18.5. The van der Waals surface area contributed by atoms with Gasteiger partial charge in [0.15, 0.2) is 0 Å². The first-order valence-corrected chi connectivity index (χ1v) is 8.79. The van der Waals surface area contributed by atoms with Crippen molar-refractivity contribution in [1.29, 1.82) is 0 Å². The predicted octanol–water partition coefficient (Wildman–Crippen LogP) is 2.35. The summed E-state index contributed by atoms with van der Waals surface area (Å²) in [5, 5.41) is 2.92. The Kier molecular flexibility index (Phi) is 5.68. The Hall–Kier alpha value is -2.66. The molecule has 1 aliphatic rings. The molecule has 1 fully saturated rings. The molecule has 0 aromatic heterocycles. The SMILES string of the molecule is Cc1ccc(CNC(=O)[C@@H]2COCC(=O)N2Cc2ccc(C)cc2)cc1. The average Bonchev–Trinajstić information content (AvgIpc) is 2.64. The van der Waals surface area contributed by atoms with Gasteiger partial charge < -0.3 is 15.0 Å². The fourth-order valence-electron chi connectivity index (χ4n) is 2.92. The normalized spacial score (nSPS) is 17.2. The van der Waals surface area contributed by atoms with E-state index < -0.39 is 6.04 Å². The highest BCUT2D eigenvalue weighted by Gasteiger charge is 2.33. The summed E-state index contributed by atoms with van der Waals surface area (Å²) >= 11 is 0. The summed E-state index contributed by atoms with van der Waals surface area (Å²) in [4.78, 5) is 26.6. The van der Waals surface area contributed by atoms with Gasteiger partial charge in [0, 0.05) is 13.1 Å². The highest BCUT2D eigenvalue weighted by atomic mass is 16.5. The zero-order valence-electron chi connectivity index (χ0n) is 15.2. The van der Waals surface area contributed by atoms with Crippen molar-refractivity contribution >= 4 is 11.8 Å². The third-order valence-electron chi connectivity index (χ3n) is 4.56. The summed E-state index contributed by atoms with van der Waals surface area (Å²) in [6.07, 6.45) is 0. The van der Waals surface area contributed by atoms with E-state index in [9.17, 15) is 9.59 Å². The predicted molar refractivity (Wildman–Crippen MR) is 99.4 cm³/mol. The maximum atomic E-state index is 12.7. The van der Waals surface area contributed by atoms with Crippen LogP contribution < -0.4 is 5.32 Å². The Labute approximate surface area is 154 Å². The minimum atomic E-state index is -0.608. The van der Waals surface area contributed by atoms with E-state index in [1.54, 1.807) is 4.90 Å². The van der Waals surface area contributed by atoms with Crippen LogP contribution in [-0.2, 0) is 27.4 Å². The molecular formula is C21H24N2O3. The lowest BCUT2D eigenvalue weighted by molar-refractivity contribution is -0.155. The van der Waals surface area contributed by atoms with Gasteiger partial charge in [-0.2, -0.15) is 0 Å². The molecule has 0 aliphatic carbocycles. The minimum absolute atomic E-state index is 0.0214.